The maximum Gasteiger partial charge on any atom is 0.112 e. The van der Waals surface area contributed by atoms with Gasteiger partial charge in [0, 0.05) is 11.8 Å². The van der Waals surface area contributed by atoms with Crippen LogP contribution in [0.1, 0.15) is 119 Å². The fourth-order valence-electron chi connectivity index (χ4n) is 11.8. The van der Waals surface area contributed by atoms with Crippen molar-refractivity contribution >= 4 is 0 Å². The van der Waals surface area contributed by atoms with Crippen LogP contribution in [0.4, 0.5) is 0 Å². The van der Waals surface area contributed by atoms with Gasteiger partial charge < -0.3 is 10.2 Å². The van der Waals surface area contributed by atoms with Gasteiger partial charge in [0.2, 0.25) is 0 Å². The number of nitriles is 2. The van der Waals surface area contributed by atoms with E-state index in [9.17, 15) is 20.7 Å². The van der Waals surface area contributed by atoms with E-state index in [2.05, 4.69) is 60.6 Å². The average molecular weight is 507 g/mol. The molecule has 4 nitrogen and oxygen atoms in total. The SMILES string of the molecule is CC1(C)CC[C@]2(CCC#N)CC[C@]3(C)C(C(O)C[C@@H]4[C@@]5(C)CC(C#N)=C(O)C(C)(C)[C@@H]5CC[C@]43C)C2C1. The summed E-state index contributed by atoms with van der Waals surface area (Å²) in [6.07, 6.45) is 10.7. The Morgan fingerprint density at radius 3 is 2.22 bits per heavy atom. The summed E-state index contributed by atoms with van der Waals surface area (Å²) in [4.78, 5) is 0. The highest BCUT2D eigenvalue weighted by molar-refractivity contribution is 5.35. The molecule has 0 aliphatic heterocycles. The Balaban J connectivity index is 1.59. The molecule has 37 heavy (non-hydrogen) atoms. The normalized spacial score (nSPS) is 49.9. The number of allylic oxidation sites excluding steroid dienone is 2. The predicted molar refractivity (Wildman–Crippen MR) is 146 cm³/mol. The summed E-state index contributed by atoms with van der Waals surface area (Å²) >= 11 is 0. The maximum atomic E-state index is 12.2. The van der Waals surface area contributed by atoms with Crippen molar-refractivity contribution in [1.82, 2.24) is 0 Å². The van der Waals surface area contributed by atoms with Crippen LogP contribution in [0.3, 0.4) is 0 Å². The second-order valence-electron chi connectivity index (χ2n) is 16.1. The summed E-state index contributed by atoms with van der Waals surface area (Å²) < 4.78 is 0. The van der Waals surface area contributed by atoms with E-state index in [-0.39, 0.29) is 39.1 Å². The molecule has 0 bridgehead atoms. The lowest BCUT2D eigenvalue weighted by Gasteiger charge is -2.74. The molecule has 0 heterocycles. The molecule has 9 atom stereocenters. The quantitative estimate of drug-likeness (QED) is 0.396. The van der Waals surface area contributed by atoms with Crippen molar-refractivity contribution in [1.29, 1.82) is 10.5 Å². The molecular formula is C33H50N2O2. The second-order valence-corrected chi connectivity index (χ2v) is 16.1. The summed E-state index contributed by atoms with van der Waals surface area (Å²) in [5.74, 6) is 1.63. The van der Waals surface area contributed by atoms with Gasteiger partial charge in [-0.05, 0) is 115 Å². The van der Waals surface area contributed by atoms with Gasteiger partial charge in [0.1, 0.15) is 5.76 Å². The molecule has 3 unspecified atom stereocenters. The molecule has 5 aliphatic rings. The van der Waals surface area contributed by atoms with Gasteiger partial charge in [0.15, 0.2) is 0 Å². The molecule has 0 radical (unpaired) electrons. The average Bonchev–Trinajstić information content (AvgIpc) is 2.82. The number of fused-ring (bicyclic) bond motifs is 7. The van der Waals surface area contributed by atoms with Gasteiger partial charge in [-0.25, -0.2) is 0 Å². The maximum absolute atomic E-state index is 12.2. The summed E-state index contributed by atoms with van der Waals surface area (Å²) in [6, 6.07) is 4.82. The van der Waals surface area contributed by atoms with Gasteiger partial charge in [0.05, 0.1) is 23.8 Å². The van der Waals surface area contributed by atoms with Crippen molar-refractivity contribution in [2.75, 3.05) is 0 Å². The first-order chi connectivity index (χ1) is 17.1. The highest BCUT2D eigenvalue weighted by Gasteiger charge is 2.71. The second kappa shape index (κ2) is 8.24. The van der Waals surface area contributed by atoms with Gasteiger partial charge in [-0.1, -0.05) is 48.5 Å². The van der Waals surface area contributed by atoms with Crippen molar-refractivity contribution in [2.24, 2.45) is 56.2 Å². The fraction of sp³-hybridized carbons (Fsp3) is 0.879. The molecule has 0 saturated heterocycles. The third-order valence-electron chi connectivity index (χ3n) is 13.9. The van der Waals surface area contributed by atoms with E-state index in [0.717, 1.165) is 38.5 Å². The van der Waals surface area contributed by atoms with Gasteiger partial charge >= 0.3 is 0 Å². The zero-order valence-electron chi connectivity index (χ0n) is 24.5. The lowest BCUT2D eigenvalue weighted by atomic mass is 9.31. The highest BCUT2D eigenvalue weighted by Crippen LogP contribution is 2.77. The van der Waals surface area contributed by atoms with Gasteiger partial charge in [0.25, 0.3) is 0 Å². The topological polar surface area (TPSA) is 88.0 Å². The first kappa shape index (κ1) is 27.1. The largest absolute Gasteiger partial charge is 0.511 e. The van der Waals surface area contributed by atoms with Gasteiger partial charge in [-0.3, -0.25) is 0 Å². The highest BCUT2D eigenvalue weighted by atomic mass is 16.3. The molecule has 0 aromatic heterocycles. The minimum atomic E-state index is -0.422. The van der Waals surface area contributed by atoms with Crippen LogP contribution in [-0.4, -0.2) is 16.3 Å². The van der Waals surface area contributed by atoms with E-state index >= 15 is 0 Å². The molecule has 4 heteroatoms. The molecule has 2 N–H and O–H groups in total. The van der Waals surface area contributed by atoms with Crippen LogP contribution < -0.4 is 0 Å². The number of hydrogen-bond acceptors (Lipinski definition) is 4. The van der Waals surface area contributed by atoms with Crippen molar-refractivity contribution in [3.8, 4) is 12.1 Å². The third kappa shape index (κ3) is 3.46. The Kier molecular flexibility index (Phi) is 6.03. The van der Waals surface area contributed by atoms with E-state index in [1.807, 2.05) is 0 Å². The summed E-state index contributed by atoms with van der Waals surface area (Å²) in [5, 5.41) is 42.8. The number of rotatable bonds is 2. The van der Waals surface area contributed by atoms with E-state index in [1.165, 1.54) is 19.3 Å². The first-order valence-corrected chi connectivity index (χ1v) is 15.0. The monoisotopic (exact) mass is 506 g/mol. The number of nitrogens with zero attached hydrogens (tertiary/aromatic N) is 2. The number of aliphatic hydroxyl groups excluding tert-OH is 2. The van der Waals surface area contributed by atoms with Crippen LogP contribution in [0.25, 0.3) is 0 Å². The Morgan fingerprint density at radius 1 is 0.892 bits per heavy atom. The van der Waals surface area contributed by atoms with Gasteiger partial charge in [-0.2, -0.15) is 10.5 Å². The molecule has 4 fully saturated rings. The summed E-state index contributed by atoms with van der Waals surface area (Å²) in [6.45, 7) is 16.5. The smallest absolute Gasteiger partial charge is 0.112 e. The van der Waals surface area contributed by atoms with E-state index in [0.29, 0.717) is 41.9 Å². The van der Waals surface area contributed by atoms with Crippen LogP contribution in [0.2, 0.25) is 0 Å². The van der Waals surface area contributed by atoms with Crippen LogP contribution in [0.15, 0.2) is 11.3 Å². The number of aliphatic hydroxyl groups is 2. The molecule has 4 saturated carbocycles. The zero-order valence-corrected chi connectivity index (χ0v) is 24.5. The molecular weight excluding hydrogens is 456 g/mol. The van der Waals surface area contributed by atoms with Crippen molar-refractivity contribution in [3.63, 3.8) is 0 Å². The summed E-state index contributed by atoms with van der Waals surface area (Å²) in [5.41, 5.74) is 0.585. The van der Waals surface area contributed by atoms with Crippen LogP contribution >= 0.6 is 0 Å². The Hall–Kier alpha value is -1.52. The minimum Gasteiger partial charge on any atom is -0.511 e. The molecule has 0 aromatic rings. The molecule has 204 valence electrons. The molecule has 5 rings (SSSR count). The van der Waals surface area contributed by atoms with Crippen molar-refractivity contribution in [2.45, 2.75) is 125 Å². The molecule has 5 aliphatic carbocycles. The Labute approximate surface area is 225 Å². The minimum absolute atomic E-state index is 0.0255. The fourth-order valence-corrected chi connectivity index (χ4v) is 11.8. The Bertz CT molecular complexity index is 1080. The van der Waals surface area contributed by atoms with E-state index in [1.54, 1.807) is 0 Å². The molecule has 0 amide bonds. The predicted octanol–water partition coefficient (Wildman–Crippen LogP) is 8.09. The van der Waals surface area contributed by atoms with Crippen molar-refractivity contribution < 1.29 is 10.2 Å². The van der Waals surface area contributed by atoms with E-state index < -0.39 is 5.41 Å². The lowest BCUT2D eigenvalue weighted by Crippen LogP contribution is -2.69. The van der Waals surface area contributed by atoms with Crippen molar-refractivity contribution in [3.05, 3.63) is 11.3 Å². The summed E-state index contributed by atoms with van der Waals surface area (Å²) in [7, 11) is 0. The molecule has 0 spiro atoms. The standard InChI is InChI=1S/C33H50N2O2/c1-28(2)12-14-33(10-8-16-34)15-13-32(7)26(22(33)19-28)23(36)17-25-30(5)18-21(20-35)27(37)29(3,4)24(30)9-11-31(25,32)6/h22-26,36-37H,8-15,17-19H2,1-7H3/t22?,23?,24-,25+,26?,30-,31+,32+,33+/m0/s1. The van der Waals surface area contributed by atoms with Gasteiger partial charge in [-0.15, -0.1) is 0 Å². The lowest BCUT2D eigenvalue weighted by molar-refractivity contribution is -0.268. The van der Waals surface area contributed by atoms with Crippen LogP contribution in [0, 0.1) is 78.8 Å². The molecule has 0 aromatic carbocycles. The first-order valence-electron chi connectivity index (χ1n) is 15.0. The number of hydrogen-bond donors (Lipinski definition) is 2. The third-order valence-corrected chi connectivity index (χ3v) is 13.9. The van der Waals surface area contributed by atoms with Crippen LogP contribution in [0.5, 0.6) is 0 Å². The zero-order chi connectivity index (χ0) is 27.2. The Morgan fingerprint density at radius 2 is 1.57 bits per heavy atom. The van der Waals surface area contributed by atoms with E-state index in [4.69, 9.17) is 0 Å². The van der Waals surface area contributed by atoms with Crippen LogP contribution in [-0.2, 0) is 0 Å².